The Morgan fingerprint density at radius 2 is 2.25 bits per heavy atom. The number of ether oxygens (including phenoxy) is 1. The molecule has 4 rings (SSSR count). The summed E-state index contributed by atoms with van der Waals surface area (Å²) in [4.78, 5) is 14.1. The van der Waals surface area contributed by atoms with E-state index in [0.717, 1.165) is 32.2 Å². The lowest BCUT2D eigenvalue weighted by Gasteiger charge is -2.09. The highest BCUT2D eigenvalue weighted by Gasteiger charge is 2.25. The number of pyridine rings is 1. The van der Waals surface area contributed by atoms with Gasteiger partial charge in [-0.3, -0.25) is 0 Å². The Kier molecular flexibility index (Phi) is 5.65. The quantitative estimate of drug-likeness (QED) is 0.353. The van der Waals surface area contributed by atoms with Crippen LogP contribution in [0.1, 0.15) is 6.92 Å². The van der Waals surface area contributed by atoms with Crippen molar-refractivity contribution in [2.45, 2.75) is 11.1 Å². The number of nitrogens with two attached hydrogens (primary N) is 1. The smallest absolute Gasteiger partial charge is 0.232 e. The maximum atomic E-state index is 12.8. The van der Waals surface area contributed by atoms with E-state index in [1.165, 1.54) is 22.7 Å². The molecule has 1 atom stereocenters. The van der Waals surface area contributed by atoms with E-state index < -0.39 is 11.2 Å². The van der Waals surface area contributed by atoms with Crippen LogP contribution in [0.3, 0.4) is 0 Å². The molecular formula is C18H19N5O2S3. The molecule has 4 heterocycles. The number of rotatable bonds is 7. The highest BCUT2D eigenvalue weighted by Crippen LogP contribution is 2.43. The molecule has 0 bridgehead atoms. The van der Waals surface area contributed by atoms with E-state index in [4.69, 9.17) is 15.5 Å². The zero-order valence-electron chi connectivity index (χ0n) is 15.4. The molecule has 0 unspecified atom stereocenters. The molecule has 28 heavy (non-hydrogen) atoms. The lowest BCUT2D eigenvalue weighted by molar-refractivity contribution is 0.163. The number of fused-ring (bicyclic) bond motifs is 1. The molecule has 10 heteroatoms. The summed E-state index contributed by atoms with van der Waals surface area (Å²) < 4.78 is 20.7. The SMILES string of the molecule is CCOCC[S@@+]([O-])c1sc2nc(-c3nccs3)cc(-c3cncn3C)c2c1N. The minimum Gasteiger partial charge on any atom is -0.611 e. The van der Waals surface area contributed by atoms with E-state index in [2.05, 4.69) is 9.97 Å². The van der Waals surface area contributed by atoms with E-state index in [1.807, 2.05) is 30.0 Å². The zero-order valence-corrected chi connectivity index (χ0v) is 17.9. The molecule has 0 aliphatic rings. The highest BCUT2D eigenvalue weighted by molar-refractivity contribution is 7.93. The minimum absolute atomic E-state index is 0.408. The second kappa shape index (κ2) is 8.18. The molecular weight excluding hydrogens is 414 g/mol. The third-order valence-corrected chi connectivity index (χ3v) is 7.90. The van der Waals surface area contributed by atoms with Crippen molar-refractivity contribution in [3.63, 3.8) is 0 Å². The fourth-order valence-electron chi connectivity index (χ4n) is 2.92. The Hall–Kier alpha value is -1.98. The maximum Gasteiger partial charge on any atom is 0.232 e. The van der Waals surface area contributed by atoms with Crippen LogP contribution >= 0.6 is 22.7 Å². The average molecular weight is 434 g/mol. The number of imidazole rings is 1. The average Bonchev–Trinajstić information content (AvgIpc) is 3.42. The van der Waals surface area contributed by atoms with Crippen LogP contribution < -0.4 is 5.73 Å². The summed E-state index contributed by atoms with van der Waals surface area (Å²) in [5, 5.41) is 3.56. The van der Waals surface area contributed by atoms with Crippen LogP contribution in [0, 0.1) is 0 Å². The third kappa shape index (κ3) is 3.53. The van der Waals surface area contributed by atoms with Gasteiger partial charge in [-0.2, -0.15) is 0 Å². The first kappa shape index (κ1) is 19.3. The molecule has 146 valence electrons. The van der Waals surface area contributed by atoms with Gasteiger partial charge in [0.2, 0.25) is 4.21 Å². The Morgan fingerprint density at radius 3 is 2.93 bits per heavy atom. The molecule has 2 N–H and O–H groups in total. The van der Waals surface area contributed by atoms with E-state index in [9.17, 15) is 4.55 Å². The van der Waals surface area contributed by atoms with Gasteiger partial charge >= 0.3 is 0 Å². The van der Waals surface area contributed by atoms with Crippen LogP contribution in [0.25, 0.3) is 32.2 Å². The molecule has 0 spiro atoms. The van der Waals surface area contributed by atoms with E-state index >= 15 is 0 Å². The van der Waals surface area contributed by atoms with Crippen LogP contribution in [-0.2, 0) is 23.0 Å². The Bertz CT molecular complexity index is 1090. The van der Waals surface area contributed by atoms with Crippen LogP contribution in [0.2, 0.25) is 0 Å². The fourth-order valence-corrected chi connectivity index (χ4v) is 6.03. The molecule has 0 aliphatic heterocycles. The van der Waals surface area contributed by atoms with Crippen molar-refractivity contribution in [2.24, 2.45) is 7.05 Å². The van der Waals surface area contributed by atoms with Crippen molar-refractivity contribution in [1.29, 1.82) is 0 Å². The van der Waals surface area contributed by atoms with Crippen LogP contribution in [0.15, 0.2) is 34.4 Å². The topological polar surface area (TPSA) is 102 Å². The van der Waals surface area contributed by atoms with Gasteiger partial charge in [0.25, 0.3) is 0 Å². The number of hydrogen-bond acceptors (Lipinski definition) is 8. The van der Waals surface area contributed by atoms with E-state index in [0.29, 0.717) is 28.9 Å². The minimum atomic E-state index is -1.24. The molecule has 0 amide bonds. The Labute approximate surface area is 173 Å². The number of nitrogens with zero attached hydrogens (tertiary/aromatic N) is 4. The first-order valence-electron chi connectivity index (χ1n) is 8.65. The maximum absolute atomic E-state index is 12.8. The van der Waals surface area contributed by atoms with Crippen molar-refractivity contribution < 1.29 is 9.29 Å². The van der Waals surface area contributed by atoms with Gasteiger partial charge in [0, 0.05) is 47.4 Å². The first-order chi connectivity index (χ1) is 13.6. The summed E-state index contributed by atoms with van der Waals surface area (Å²) in [6, 6.07) is 1.98. The van der Waals surface area contributed by atoms with Gasteiger partial charge in [-0.25, -0.2) is 15.0 Å². The largest absolute Gasteiger partial charge is 0.611 e. The van der Waals surface area contributed by atoms with E-state index in [1.54, 1.807) is 18.7 Å². The van der Waals surface area contributed by atoms with Crippen molar-refractivity contribution in [3.05, 3.63) is 30.2 Å². The van der Waals surface area contributed by atoms with Crippen LogP contribution in [0.5, 0.6) is 0 Å². The van der Waals surface area contributed by atoms with Crippen molar-refractivity contribution in [2.75, 3.05) is 24.7 Å². The molecule has 0 aliphatic carbocycles. The summed E-state index contributed by atoms with van der Waals surface area (Å²) >= 11 is 1.66. The summed E-state index contributed by atoms with van der Waals surface area (Å²) in [6.45, 7) is 2.95. The molecule has 7 nitrogen and oxygen atoms in total. The van der Waals surface area contributed by atoms with Gasteiger partial charge < -0.3 is 19.6 Å². The number of aryl methyl sites for hydroxylation is 1. The molecule has 4 aromatic heterocycles. The highest BCUT2D eigenvalue weighted by atomic mass is 32.2. The van der Waals surface area contributed by atoms with Gasteiger partial charge in [0.15, 0.2) is 0 Å². The summed E-state index contributed by atoms with van der Waals surface area (Å²) in [7, 11) is 1.93. The van der Waals surface area contributed by atoms with Gasteiger partial charge in [0.05, 0.1) is 24.8 Å². The zero-order chi connectivity index (χ0) is 19.7. The molecule has 0 radical (unpaired) electrons. The third-order valence-electron chi connectivity index (χ3n) is 4.23. The molecule has 0 saturated heterocycles. The molecule has 0 fully saturated rings. The lowest BCUT2D eigenvalue weighted by atomic mass is 10.1. The van der Waals surface area contributed by atoms with Crippen molar-refractivity contribution in [3.8, 4) is 22.0 Å². The first-order valence-corrected chi connectivity index (χ1v) is 11.7. The number of anilines is 1. The van der Waals surface area contributed by atoms with Crippen molar-refractivity contribution in [1.82, 2.24) is 19.5 Å². The molecule has 0 saturated carbocycles. The lowest BCUT2D eigenvalue weighted by Crippen LogP contribution is -2.12. The number of aromatic nitrogens is 4. The normalized spacial score (nSPS) is 12.7. The van der Waals surface area contributed by atoms with Crippen LogP contribution in [-0.4, -0.2) is 43.0 Å². The number of hydrogen-bond donors (Lipinski definition) is 1. The summed E-state index contributed by atoms with van der Waals surface area (Å²) in [6.07, 6.45) is 5.30. The van der Waals surface area contributed by atoms with Crippen LogP contribution in [0.4, 0.5) is 5.69 Å². The number of nitrogen functional groups attached to an aromatic ring is 1. The molecule has 4 aromatic rings. The monoisotopic (exact) mass is 433 g/mol. The Balaban J connectivity index is 1.88. The van der Waals surface area contributed by atoms with Gasteiger partial charge in [-0.15, -0.1) is 11.3 Å². The Morgan fingerprint density at radius 1 is 1.39 bits per heavy atom. The second-order valence-electron chi connectivity index (χ2n) is 6.01. The predicted molar refractivity (Wildman–Crippen MR) is 115 cm³/mol. The number of thiazole rings is 1. The number of thiophene rings is 1. The standard InChI is InChI=1S/C18H19N5O2S3/c1-3-25-5-7-28(24)18-15(19)14-11(13-9-20-10-23(13)2)8-12(22-17(14)27-18)16-21-4-6-26-16/h4,6,8-10H,3,5,7,19H2,1-2H3/t28-/m1/s1. The van der Waals surface area contributed by atoms with Gasteiger partial charge in [-0.1, -0.05) is 11.3 Å². The van der Waals surface area contributed by atoms with Gasteiger partial charge in [0.1, 0.15) is 27.0 Å². The van der Waals surface area contributed by atoms with E-state index in [-0.39, 0.29) is 0 Å². The van der Waals surface area contributed by atoms with Gasteiger partial charge in [-0.05, 0) is 13.0 Å². The van der Waals surface area contributed by atoms with Crippen molar-refractivity contribution >= 4 is 49.8 Å². The summed E-state index contributed by atoms with van der Waals surface area (Å²) in [5.74, 6) is 0.408. The summed E-state index contributed by atoms with van der Waals surface area (Å²) in [5.41, 5.74) is 9.58. The molecule has 0 aromatic carbocycles. The second-order valence-corrected chi connectivity index (χ2v) is 9.67. The fraction of sp³-hybridized carbons (Fsp3) is 0.278. The predicted octanol–water partition coefficient (Wildman–Crippen LogP) is 3.55.